The van der Waals surface area contributed by atoms with Crippen LogP contribution in [0.15, 0.2) is 30.3 Å². The Morgan fingerprint density at radius 3 is 2.43 bits per heavy atom. The maximum atomic E-state index is 11.9. The van der Waals surface area contributed by atoms with Gasteiger partial charge in [-0.15, -0.1) is 0 Å². The van der Waals surface area contributed by atoms with Crippen LogP contribution in [0.25, 0.3) is 0 Å². The number of unbranched alkanes of at least 4 members (excludes halogenated alkanes) is 1. The number of carbonyl (C=O) groups excluding carboxylic acids is 1. The normalized spacial score (nSPS) is 12.1. The van der Waals surface area contributed by atoms with Crippen LogP contribution in [0.5, 0.6) is 0 Å². The van der Waals surface area contributed by atoms with E-state index >= 15 is 0 Å². The summed E-state index contributed by atoms with van der Waals surface area (Å²) in [5, 5.41) is 0. The molecule has 1 aromatic rings. The Kier molecular flexibility index (Phi) is 9.49. The zero-order valence-corrected chi connectivity index (χ0v) is 13.0. The molecule has 0 fully saturated rings. The molecular weight excluding hydrogens is 268 g/mol. The molecule has 0 aromatic heterocycles. The summed E-state index contributed by atoms with van der Waals surface area (Å²) in [6.45, 7) is 6.09. The Balaban J connectivity index is 2.18. The van der Waals surface area contributed by atoms with Gasteiger partial charge in [0.2, 0.25) is 6.29 Å². The van der Waals surface area contributed by atoms with Crippen LogP contribution in [0, 0.1) is 0 Å². The van der Waals surface area contributed by atoms with E-state index in [0.29, 0.717) is 25.2 Å². The maximum Gasteiger partial charge on any atom is 0.340 e. The SMILES string of the molecule is CCCCOCCCOC(CC)OC(=O)c1ccccc1. The van der Waals surface area contributed by atoms with Crippen molar-refractivity contribution in [1.29, 1.82) is 0 Å². The molecule has 1 aromatic carbocycles. The van der Waals surface area contributed by atoms with E-state index in [1.165, 1.54) is 0 Å². The molecule has 118 valence electrons. The molecule has 1 rings (SSSR count). The zero-order valence-electron chi connectivity index (χ0n) is 13.0. The predicted octanol–water partition coefficient (Wildman–Crippen LogP) is 3.80. The van der Waals surface area contributed by atoms with Gasteiger partial charge in [0, 0.05) is 19.6 Å². The number of benzene rings is 1. The second kappa shape index (κ2) is 11.3. The topological polar surface area (TPSA) is 44.8 Å². The van der Waals surface area contributed by atoms with Crippen molar-refractivity contribution < 1.29 is 19.0 Å². The first-order valence-electron chi connectivity index (χ1n) is 7.73. The lowest BCUT2D eigenvalue weighted by Gasteiger charge is -2.17. The minimum Gasteiger partial charge on any atom is -0.432 e. The minimum atomic E-state index is -0.492. The van der Waals surface area contributed by atoms with Gasteiger partial charge in [-0.2, -0.15) is 0 Å². The van der Waals surface area contributed by atoms with E-state index in [2.05, 4.69) is 6.92 Å². The molecule has 0 spiro atoms. The Morgan fingerprint density at radius 1 is 1.05 bits per heavy atom. The fourth-order valence-electron chi connectivity index (χ4n) is 1.72. The van der Waals surface area contributed by atoms with Crippen LogP contribution >= 0.6 is 0 Å². The minimum absolute atomic E-state index is 0.346. The first-order valence-corrected chi connectivity index (χ1v) is 7.73. The largest absolute Gasteiger partial charge is 0.432 e. The molecular formula is C17H26O4. The van der Waals surface area contributed by atoms with Crippen LogP contribution in [0.1, 0.15) is 49.9 Å². The Hall–Kier alpha value is -1.39. The standard InChI is InChI=1S/C17H26O4/c1-3-5-12-19-13-9-14-20-16(4-2)21-17(18)15-10-7-6-8-11-15/h6-8,10-11,16H,3-5,9,12-14H2,1-2H3. The van der Waals surface area contributed by atoms with Gasteiger partial charge in [0.25, 0.3) is 0 Å². The van der Waals surface area contributed by atoms with E-state index < -0.39 is 6.29 Å². The number of carbonyl (C=O) groups is 1. The molecule has 0 saturated heterocycles. The molecule has 0 heterocycles. The molecule has 0 radical (unpaired) electrons. The number of esters is 1. The Labute approximate surface area is 127 Å². The van der Waals surface area contributed by atoms with E-state index in [4.69, 9.17) is 14.2 Å². The third kappa shape index (κ3) is 7.83. The second-order valence-corrected chi connectivity index (χ2v) is 4.80. The molecule has 0 N–H and O–H groups in total. The molecule has 0 saturated carbocycles. The van der Waals surface area contributed by atoms with Gasteiger partial charge in [0.05, 0.1) is 12.2 Å². The highest BCUT2D eigenvalue weighted by Gasteiger charge is 2.14. The van der Waals surface area contributed by atoms with E-state index in [-0.39, 0.29) is 5.97 Å². The van der Waals surface area contributed by atoms with Crippen molar-refractivity contribution >= 4 is 5.97 Å². The molecule has 4 nitrogen and oxygen atoms in total. The fourth-order valence-corrected chi connectivity index (χ4v) is 1.72. The molecule has 21 heavy (non-hydrogen) atoms. The summed E-state index contributed by atoms with van der Waals surface area (Å²) in [5.41, 5.74) is 0.544. The molecule has 0 bridgehead atoms. The van der Waals surface area contributed by atoms with E-state index in [0.717, 1.165) is 25.9 Å². The fraction of sp³-hybridized carbons (Fsp3) is 0.588. The second-order valence-electron chi connectivity index (χ2n) is 4.80. The molecule has 1 atom stereocenters. The summed E-state index contributed by atoms with van der Waals surface area (Å²) >= 11 is 0. The van der Waals surface area contributed by atoms with Crippen molar-refractivity contribution in [3.8, 4) is 0 Å². The van der Waals surface area contributed by atoms with Crippen LogP contribution in [0.3, 0.4) is 0 Å². The molecule has 0 amide bonds. The van der Waals surface area contributed by atoms with E-state index in [9.17, 15) is 4.79 Å². The van der Waals surface area contributed by atoms with Crippen molar-refractivity contribution in [3.05, 3.63) is 35.9 Å². The predicted molar refractivity (Wildman–Crippen MR) is 82.2 cm³/mol. The van der Waals surface area contributed by atoms with Crippen molar-refractivity contribution in [2.24, 2.45) is 0 Å². The Morgan fingerprint density at radius 2 is 1.76 bits per heavy atom. The quantitative estimate of drug-likeness (QED) is 0.354. The number of hydrogen-bond donors (Lipinski definition) is 0. The maximum absolute atomic E-state index is 11.9. The summed E-state index contributed by atoms with van der Waals surface area (Å²) in [6.07, 6.45) is 3.18. The number of rotatable bonds is 11. The lowest BCUT2D eigenvalue weighted by Crippen LogP contribution is -2.21. The van der Waals surface area contributed by atoms with Crippen LogP contribution in [0.2, 0.25) is 0 Å². The monoisotopic (exact) mass is 294 g/mol. The van der Waals surface area contributed by atoms with Gasteiger partial charge in [-0.3, -0.25) is 0 Å². The molecule has 1 unspecified atom stereocenters. The number of hydrogen-bond acceptors (Lipinski definition) is 4. The van der Waals surface area contributed by atoms with Gasteiger partial charge >= 0.3 is 5.97 Å². The first kappa shape index (κ1) is 17.7. The lowest BCUT2D eigenvalue weighted by molar-refractivity contribution is -0.114. The van der Waals surface area contributed by atoms with Gasteiger partial charge < -0.3 is 14.2 Å². The highest BCUT2D eigenvalue weighted by molar-refractivity contribution is 5.89. The van der Waals surface area contributed by atoms with E-state index in [1.54, 1.807) is 12.1 Å². The van der Waals surface area contributed by atoms with Gasteiger partial charge in [-0.05, 0) is 25.0 Å². The lowest BCUT2D eigenvalue weighted by atomic mass is 10.2. The summed E-state index contributed by atoms with van der Waals surface area (Å²) in [5.74, 6) is -0.346. The third-order valence-electron chi connectivity index (χ3n) is 2.96. The van der Waals surface area contributed by atoms with E-state index in [1.807, 2.05) is 25.1 Å². The van der Waals surface area contributed by atoms with Gasteiger partial charge in [-0.25, -0.2) is 4.79 Å². The molecule has 0 aliphatic rings. The van der Waals surface area contributed by atoms with Gasteiger partial charge in [0.1, 0.15) is 0 Å². The summed E-state index contributed by atoms with van der Waals surface area (Å²) in [6, 6.07) is 8.95. The average Bonchev–Trinajstić information content (AvgIpc) is 2.53. The molecule has 0 aliphatic carbocycles. The summed E-state index contributed by atoms with van der Waals surface area (Å²) in [4.78, 5) is 11.9. The smallest absolute Gasteiger partial charge is 0.340 e. The highest BCUT2D eigenvalue weighted by Crippen LogP contribution is 2.08. The third-order valence-corrected chi connectivity index (χ3v) is 2.96. The molecule has 4 heteroatoms. The van der Waals surface area contributed by atoms with Crippen molar-refractivity contribution in [3.63, 3.8) is 0 Å². The van der Waals surface area contributed by atoms with Crippen LogP contribution < -0.4 is 0 Å². The molecule has 0 aliphatic heterocycles. The van der Waals surface area contributed by atoms with Crippen LogP contribution in [0.4, 0.5) is 0 Å². The zero-order chi connectivity index (χ0) is 15.3. The van der Waals surface area contributed by atoms with Gasteiger partial charge in [-0.1, -0.05) is 38.5 Å². The van der Waals surface area contributed by atoms with Crippen molar-refractivity contribution in [2.45, 2.75) is 45.8 Å². The van der Waals surface area contributed by atoms with Crippen molar-refractivity contribution in [2.75, 3.05) is 19.8 Å². The van der Waals surface area contributed by atoms with Crippen molar-refractivity contribution in [1.82, 2.24) is 0 Å². The van der Waals surface area contributed by atoms with Gasteiger partial charge in [0.15, 0.2) is 0 Å². The first-order chi connectivity index (χ1) is 10.3. The average molecular weight is 294 g/mol. The highest BCUT2D eigenvalue weighted by atomic mass is 16.7. The van der Waals surface area contributed by atoms with Crippen LogP contribution in [-0.2, 0) is 14.2 Å². The Bertz CT molecular complexity index is 378. The summed E-state index contributed by atoms with van der Waals surface area (Å²) < 4.78 is 16.3. The van der Waals surface area contributed by atoms with Crippen LogP contribution in [-0.4, -0.2) is 32.1 Å². The summed E-state index contributed by atoms with van der Waals surface area (Å²) in [7, 11) is 0. The number of ether oxygens (including phenoxy) is 3.